The third-order valence-corrected chi connectivity index (χ3v) is 3.45. The van der Waals surface area contributed by atoms with Crippen LogP contribution in [0, 0.1) is 20.8 Å². The molecule has 0 aliphatic rings. The van der Waals surface area contributed by atoms with Gasteiger partial charge in [0, 0.05) is 5.56 Å². The molecule has 0 bridgehead atoms. The maximum atomic E-state index is 12.2. The summed E-state index contributed by atoms with van der Waals surface area (Å²) < 4.78 is 5.55. The van der Waals surface area contributed by atoms with Crippen LogP contribution in [-0.2, 0) is 0 Å². The van der Waals surface area contributed by atoms with Crippen LogP contribution in [-0.4, -0.2) is 12.4 Å². The average Bonchev–Trinajstić information content (AvgIpc) is 2.42. The molecule has 0 N–H and O–H groups in total. The number of halogens is 1. The summed E-state index contributed by atoms with van der Waals surface area (Å²) in [4.78, 5) is 12.2. The normalized spacial score (nSPS) is 10.4. The van der Waals surface area contributed by atoms with Crippen molar-refractivity contribution in [1.29, 1.82) is 0 Å². The molecule has 20 heavy (non-hydrogen) atoms. The number of ether oxygens (including phenoxy) is 1. The van der Waals surface area contributed by atoms with Gasteiger partial charge in [-0.1, -0.05) is 35.4 Å². The smallest absolute Gasteiger partial charge is 0.200 e. The lowest BCUT2D eigenvalue weighted by Crippen LogP contribution is -2.13. The van der Waals surface area contributed by atoms with Crippen molar-refractivity contribution in [2.75, 3.05) is 6.61 Å². The third kappa shape index (κ3) is 3.40. The van der Waals surface area contributed by atoms with E-state index in [4.69, 9.17) is 16.3 Å². The summed E-state index contributed by atoms with van der Waals surface area (Å²) >= 11 is 6.05. The lowest BCUT2D eigenvalue weighted by molar-refractivity contribution is 0.0921. The highest BCUT2D eigenvalue weighted by Gasteiger charge is 2.11. The van der Waals surface area contributed by atoms with E-state index >= 15 is 0 Å². The van der Waals surface area contributed by atoms with Crippen molar-refractivity contribution in [3.63, 3.8) is 0 Å². The fourth-order valence-electron chi connectivity index (χ4n) is 1.98. The average molecular weight is 289 g/mol. The van der Waals surface area contributed by atoms with Crippen LogP contribution in [0.25, 0.3) is 0 Å². The molecule has 2 aromatic rings. The van der Waals surface area contributed by atoms with E-state index in [0.29, 0.717) is 16.3 Å². The Labute approximate surface area is 124 Å². The van der Waals surface area contributed by atoms with Gasteiger partial charge in [0.15, 0.2) is 12.4 Å². The van der Waals surface area contributed by atoms with Crippen molar-refractivity contribution >= 4 is 17.4 Å². The molecule has 0 radical (unpaired) electrons. The van der Waals surface area contributed by atoms with Crippen molar-refractivity contribution in [3.8, 4) is 5.75 Å². The number of carbonyl (C=O) groups is 1. The molecule has 2 aromatic carbocycles. The standard InChI is InChI=1S/C17H17ClO2/c1-11-4-6-13(3)14(8-11)16(19)10-20-17-9-12(2)5-7-15(17)18/h4-9H,10H2,1-3H3. The molecule has 0 saturated heterocycles. The molecule has 0 spiro atoms. The first-order chi connectivity index (χ1) is 9.47. The van der Waals surface area contributed by atoms with Crippen LogP contribution in [0.3, 0.4) is 0 Å². The molecule has 0 aliphatic heterocycles. The lowest BCUT2D eigenvalue weighted by Gasteiger charge is -2.10. The maximum Gasteiger partial charge on any atom is 0.200 e. The van der Waals surface area contributed by atoms with Crippen LogP contribution in [0.15, 0.2) is 36.4 Å². The van der Waals surface area contributed by atoms with Crippen molar-refractivity contribution in [2.45, 2.75) is 20.8 Å². The fraction of sp³-hybridized carbons (Fsp3) is 0.235. The van der Waals surface area contributed by atoms with E-state index in [1.807, 2.05) is 51.1 Å². The molecule has 0 unspecified atom stereocenters. The Kier molecular flexibility index (Phi) is 4.46. The fourth-order valence-corrected chi connectivity index (χ4v) is 2.15. The van der Waals surface area contributed by atoms with Gasteiger partial charge in [-0.25, -0.2) is 0 Å². The lowest BCUT2D eigenvalue weighted by atomic mass is 10.0. The minimum atomic E-state index is -0.0382. The van der Waals surface area contributed by atoms with Gasteiger partial charge in [-0.2, -0.15) is 0 Å². The van der Waals surface area contributed by atoms with Gasteiger partial charge in [-0.15, -0.1) is 0 Å². The molecule has 0 heterocycles. The van der Waals surface area contributed by atoms with E-state index in [1.54, 1.807) is 6.07 Å². The Morgan fingerprint density at radius 1 is 1.05 bits per heavy atom. The first-order valence-electron chi connectivity index (χ1n) is 6.47. The number of Topliss-reactive ketones (excluding diaryl/α,β-unsaturated/α-hetero) is 1. The molecule has 2 rings (SSSR count). The number of ketones is 1. The molecular weight excluding hydrogens is 272 g/mol. The first-order valence-corrected chi connectivity index (χ1v) is 6.84. The van der Waals surface area contributed by atoms with E-state index in [-0.39, 0.29) is 12.4 Å². The molecule has 0 fully saturated rings. The molecular formula is C17H17ClO2. The second-order valence-corrected chi connectivity index (χ2v) is 5.37. The Bertz CT molecular complexity index is 647. The van der Waals surface area contributed by atoms with E-state index in [2.05, 4.69) is 0 Å². The highest BCUT2D eigenvalue weighted by molar-refractivity contribution is 6.32. The number of carbonyl (C=O) groups excluding carboxylic acids is 1. The number of rotatable bonds is 4. The topological polar surface area (TPSA) is 26.3 Å². The maximum absolute atomic E-state index is 12.2. The van der Waals surface area contributed by atoms with Gasteiger partial charge in [0.25, 0.3) is 0 Å². The summed E-state index contributed by atoms with van der Waals surface area (Å²) in [6.07, 6.45) is 0. The Hall–Kier alpha value is -1.80. The predicted molar refractivity (Wildman–Crippen MR) is 81.9 cm³/mol. The van der Waals surface area contributed by atoms with Crippen molar-refractivity contribution in [3.05, 3.63) is 63.7 Å². The van der Waals surface area contributed by atoms with Gasteiger partial charge >= 0.3 is 0 Å². The van der Waals surface area contributed by atoms with Crippen molar-refractivity contribution < 1.29 is 9.53 Å². The summed E-state index contributed by atoms with van der Waals surface area (Å²) in [7, 11) is 0. The van der Waals surface area contributed by atoms with Crippen LogP contribution < -0.4 is 4.74 Å². The van der Waals surface area contributed by atoms with Crippen LogP contribution in [0.1, 0.15) is 27.0 Å². The van der Waals surface area contributed by atoms with E-state index in [9.17, 15) is 4.79 Å². The Morgan fingerprint density at radius 3 is 2.45 bits per heavy atom. The van der Waals surface area contributed by atoms with Gasteiger partial charge in [0.1, 0.15) is 5.75 Å². The zero-order valence-corrected chi connectivity index (χ0v) is 12.6. The summed E-state index contributed by atoms with van der Waals surface area (Å²) in [5.74, 6) is 0.508. The minimum absolute atomic E-state index is 0.00648. The molecule has 0 saturated carbocycles. The first kappa shape index (κ1) is 14.6. The quantitative estimate of drug-likeness (QED) is 0.773. The number of hydrogen-bond acceptors (Lipinski definition) is 2. The molecule has 0 aromatic heterocycles. The van der Waals surface area contributed by atoms with Gasteiger partial charge in [0.2, 0.25) is 0 Å². The molecule has 0 aliphatic carbocycles. The summed E-state index contributed by atoms with van der Waals surface area (Å²) in [5.41, 5.74) is 3.77. The van der Waals surface area contributed by atoms with Crippen molar-refractivity contribution in [2.24, 2.45) is 0 Å². The monoisotopic (exact) mass is 288 g/mol. The number of aryl methyl sites for hydroxylation is 3. The summed E-state index contributed by atoms with van der Waals surface area (Å²) in [5, 5.41) is 0.518. The molecule has 0 atom stereocenters. The zero-order valence-electron chi connectivity index (χ0n) is 11.9. The van der Waals surface area contributed by atoms with E-state index < -0.39 is 0 Å². The summed E-state index contributed by atoms with van der Waals surface area (Å²) in [6, 6.07) is 11.3. The van der Waals surface area contributed by atoms with Crippen LogP contribution in [0.2, 0.25) is 5.02 Å². The Balaban J connectivity index is 2.12. The third-order valence-electron chi connectivity index (χ3n) is 3.14. The second-order valence-electron chi connectivity index (χ2n) is 4.96. The molecule has 0 amide bonds. The molecule has 2 nitrogen and oxygen atoms in total. The highest BCUT2D eigenvalue weighted by Crippen LogP contribution is 2.25. The predicted octanol–water partition coefficient (Wildman–Crippen LogP) is 4.53. The number of hydrogen-bond donors (Lipinski definition) is 0. The second kappa shape index (κ2) is 6.10. The highest BCUT2D eigenvalue weighted by atomic mass is 35.5. The van der Waals surface area contributed by atoms with Crippen molar-refractivity contribution in [1.82, 2.24) is 0 Å². The van der Waals surface area contributed by atoms with Crippen LogP contribution in [0.4, 0.5) is 0 Å². The minimum Gasteiger partial charge on any atom is -0.484 e. The van der Waals surface area contributed by atoms with E-state index in [0.717, 1.165) is 16.7 Å². The Morgan fingerprint density at radius 2 is 1.70 bits per heavy atom. The number of benzene rings is 2. The summed E-state index contributed by atoms with van der Waals surface area (Å²) in [6.45, 7) is 5.84. The van der Waals surface area contributed by atoms with Gasteiger partial charge in [0.05, 0.1) is 5.02 Å². The van der Waals surface area contributed by atoms with Gasteiger partial charge in [-0.3, -0.25) is 4.79 Å². The van der Waals surface area contributed by atoms with Gasteiger partial charge in [-0.05, 0) is 50.1 Å². The van der Waals surface area contributed by atoms with E-state index in [1.165, 1.54) is 0 Å². The largest absolute Gasteiger partial charge is 0.484 e. The van der Waals surface area contributed by atoms with Crippen LogP contribution >= 0.6 is 11.6 Å². The van der Waals surface area contributed by atoms with Gasteiger partial charge < -0.3 is 4.74 Å². The molecule has 104 valence electrons. The van der Waals surface area contributed by atoms with Crippen LogP contribution in [0.5, 0.6) is 5.75 Å². The molecule has 3 heteroatoms. The zero-order chi connectivity index (χ0) is 14.7. The SMILES string of the molecule is Cc1ccc(Cl)c(OCC(=O)c2cc(C)ccc2C)c1.